The highest BCUT2D eigenvalue weighted by Gasteiger charge is 2.60. The largest absolute Gasteiger partial charge is 0.488 e. The maximum Gasteiger partial charge on any atom is 0.360 e. The van der Waals surface area contributed by atoms with Crippen LogP contribution < -0.4 is 15.2 Å². The molecule has 4 atom stereocenters. The van der Waals surface area contributed by atoms with Crippen molar-refractivity contribution in [2.75, 3.05) is 59.0 Å². The summed E-state index contributed by atoms with van der Waals surface area (Å²) in [7, 11) is -2.00. The number of hydrogen-bond donors (Lipinski definition) is 1. The molecule has 5 aliphatic rings. The second-order valence-corrected chi connectivity index (χ2v) is 22.0. The molecule has 2 aromatic rings. The number of carbonyl (C=O) groups excluding carboxylic acids is 3. The minimum Gasteiger partial charge on any atom is -0.488 e. The summed E-state index contributed by atoms with van der Waals surface area (Å²) in [6, 6.07) is 14.3. The number of rotatable bonds is 18. The summed E-state index contributed by atoms with van der Waals surface area (Å²) in [6.45, 7) is 18.6. The average Bonchev–Trinajstić information content (AvgIpc) is 3.43. The molecule has 0 unspecified atom stereocenters. The molecule has 0 saturated carbocycles. The molecule has 56 heavy (non-hydrogen) atoms. The highest BCUT2D eigenvalue weighted by molar-refractivity contribution is 14.1. The van der Waals surface area contributed by atoms with Crippen molar-refractivity contribution in [3.05, 3.63) is 85.1 Å². The number of allylic oxidation sites excluding steroid dienone is 1. The number of non-ortho nitro benzene ring substituents is 1. The first kappa shape index (κ1) is 42.0. The van der Waals surface area contributed by atoms with E-state index in [9.17, 15) is 24.5 Å². The lowest BCUT2D eigenvalue weighted by molar-refractivity contribution is -1.08. The first-order chi connectivity index (χ1) is 26.7. The zero-order valence-corrected chi connectivity index (χ0v) is 36.4. The molecule has 2 amide bonds. The zero-order valence-electron chi connectivity index (χ0n) is 33.2. The fourth-order valence-electron chi connectivity index (χ4n) is 9.39. The summed E-state index contributed by atoms with van der Waals surface area (Å²) in [5.41, 5.74) is 7.56. The number of piperazine rings is 3. The Hall–Kier alpha value is -3.64. The van der Waals surface area contributed by atoms with Gasteiger partial charge in [-0.3, -0.25) is 19.7 Å². The van der Waals surface area contributed by atoms with Gasteiger partial charge >= 0.3 is 5.97 Å². The highest BCUT2D eigenvalue weighted by Crippen LogP contribution is 2.49. The molecule has 302 valence electrons. The Bertz CT molecular complexity index is 1870. The van der Waals surface area contributed by atoms with Crippen LogP contribution in [0.4, 0.5) is 5.69 Å². The van der Waals surface area contributed by atoms with Gasteiger partial charge in [0.15, 0.2) is 14.9 Å². The first-order valence-corrected chi connectivity index (χ1v) is 23.6. The molecule has 2 aromatic carbocycles. The van der Waals surface area contributed by atoms with Gasteiger partial charge < -0.3 is 33.5 Å². The van der Waals surface area contributed by atoms with Crippen molar-refractivity contribution in [2.24, 2.45) is 17.6 Å². The van der Waals surface area contributed by atoms with Crippen molar-refractivity contribution in [1.29, 1.82) is 0 Å². The maximum atomic E-state index is 13.9. The number of halogens is 1. The van der Waals surface area contributed by atoms with Crippen LogP contribution in [0.15, 0.2) is 65.9 Å². The Kier molecular flexibility index (Phi) is 12.8. The van der Waals surface area contributed by atoms with E-state index in [1.807, 2.05) is 32.1 Å². The summed E-state index contributed by atoms with van der Waals surface area (Å²) in [6.07, 6.45) is 4.40. The van der Waals surface area contributed by atoms with Crippen LogP contribution in [-0.2, 0) is 25.2 Å². The van der Waals surface area contributed by atoms with Crippen molar-refractivity contribution in [3.8, 4) is 11.5 Å². The molecule has 0 spiro atoms. The fraction of sp³-hybridized carbons (Fsp3) is 0.537. The van der Waals surface area contributed by atoms with Gasteiger partial charge in [-0.2, -0.15) is 0 Å². The van der Waals surface area contributed by atoms with Gasteiger partial charge in [0.2, 0.25) is 5.91 Å². The standard InChI is InChI=1S/C41H55IN5O8Si/c1-6-56(7-2,8-3)55-29(5)37-38-28(4)33(39(44(38)40(37)49)41(50)54-32-14-12-31(13-15-32)45(51)52)10-9-25-53-35-16-11-30(26-34(35)42)17-18-46-19-22-47(23-20-46,24-21-46)27-36(43)48/h9-16,26,28-29,37-38H,6-8,17-25,27H2,1-5H3,(H-,43,48)/q+1/p+1/b10-9+/t28-,29+,37+,38+,46?,47?/m0/s1. The molecule has 13 nitrogen and oxygen atoms in total. The number of nitrogens with zero attached hydrogens (tertiary/aromatic N) is 4. The van der Waals surface area contributed by atoms with Crippen molar-refractivity contribution >= 4 is 54.4 Å². The van der Waals surface area contributed by atoms with Crippen LogP contribution in [-0.4, -0.2) is 116 Å². The number of ether oxygens (including phenoxy) is 2. The molecule has 5 heterocycles. The Morgan fingerprint density at radius 2 is 1.66 bits per heavy atom. The van der Waals surface area contributed by atoms with Crippen molar-refractivity contribution in [1.82, 2.24) is 4.90 Å². The Morgan fingerprint density at radius 1 is 1.04 bits per heavy atom. The van der Waals surface area contributed by atoms with E-state index in [1.165, 1.54) is 29.8 Å². The molecule has 15 heteroatoms. The molecule has 5 aliphatic heterocycles. The van der Waals surface area contributed by atoms with Crippen LogP contribution in [0.3, 0.4) is 0 Å². The number of β-lactam (4-membered cyclic amide) rings is 1. The molecule has 4 saturated heterocycles. The molecule has 0 aromatic heterocycles. The number of quaternary nitrogens is 2. The average molecular weight is 902 g/mol. The molecule has 2 bridgehead atoms. The zero-order chi connectivity index (χ0) is 40.4. The number of nitro benzene ring substituents is 1. The highest BCUT2D eigenvalue weighted by atomic mass is 127. The van der Waals surface area contributed by atoms with Gasteiger partial charge in [-0.25, -0.2) is 4.79 Å². The van der Waals surface area contributed by atoms with Gasteiger partial charge in [-0.1, -0.05) is 39.8 Å². The van der Waals surface area contributed by atoms with E-state index in [-0.39, 0.29) is 53.6 Å². The van der Waals surface area contributed by atoms with Crippen LogP contribution in [0.25, 0.3) is 0 Å². The van der Waals surface area contributed by atoms with Gasteiger partial charge in [-0.05, 0) is 89.1 Å². The topological polar surface area (TPSA) is 151 Å². The van der Waals surface area contributed by atoms with E-state index in [4.69, 9.17) is 19.6 Å². The second-order valence-electron chi connectivity index (χ2n) is 16.1. The minimum absolute atomic E-state index is 0.117. The van der Waals surface area contributed by atoms with E-state index in [1.54, 1.807) is 4.90 Å². The summed E-state index contributed by atoms with van der Waals surface area (Å²) in [5, 5.41) is 11.2. The number of amides is 2. The summed E-state index contributed by atoms with van der Waals surface area (Å²) in [5.74, 6) is -0.711. The number of carbonyl (C=O) groups is 3. The van der Waals surface area contributed by atoms with E-state index < -0.39 is 25.1 Å². The normalized spacial score (nSPS) is 26.3. The fourth-order valence-corrected chi connectivity index (χ4v) is 13.1. The van der Waals surface area contributed by atoms with Gasteiger partial charge in [0.05, 0.1) is 33.1 Å². The molecule has 0 radical (unpaired) electrons. The molecular weight excluding hydrogens is 845 g/mol. The molecule has 0 aliphatic carbocycles. The lowest BCUT2D eigenvalue weighted by Crippen LogP contribution is -2.76. The summed E-state index contributed by atoms with van der Waals surface area (Å²) < 4.78 is 21.6. The van der Waals surface area contributed by atoms with Gasteiger partial charge in [0.25, 0.3) is 11.6 Å². The van der Waals surface area contributed by atoms with Crippen molar-refractivity contribution in [2.45, 2.75) is 71.3 Å². The molecule has 4 fully saturated rings. The Morgan fingerprint density at radius 3 is 2.23 bits per heavy atom. The number of primary amides is 1. The lowest BCUT2D eigenvalue weighted by Gasteiger charge is -2.55. The summed E-state index contributed by atoms with van der Waals surface area (Å²) >= 11 is 2.31. The van der Waals surface area contributed by atoms with Crippen LogP contribution >= 0.6 is 22.6 Å². The quantitative estimate of drug-likeness (QED) is 0.0298. The van der Waals surface area contributed by atoms with Gasteiger partial charge in [-0.15, -0.1) is 0 Å². The van der Waals surface area contributed by atoms with E-state index >= 15 is 0 Å². The third-order valence-corrected chi connectivity index (χ3v) is 18.8. The Balaban J connectivity index is 1.13. The van der Waals surface area contributed by atoms with Crippen LogP contribution in [0.5, 0.6) is 11.5 Å². The monoisotopic (exact) mass is 901 g/mol. The SMILES string of the molecule is CC[Si](CC)(CC)O[C@H](C)[C@H]1C(=O)N2C(C(=O)Oc3ccc([N+](=O)[O-])cc3)=C(/C=C/COc3ccc(CC[N+]45CC[N+](CC(N)=O)(CC4)CC5)cc3I)[C@H](C)[C@H]12. The number of nitrogens with two attached hydrogens (primary N) is 1. The third kappa shape index (κ3) is 8.47. The van der Waals surface area contributed by atoms with Gasteiger partial charge in [0.1, 0.15) is 63.1 Å². The van der Waals surface area contributed by atoms with E-state index in [2.05, 4.69) is 55.5 Å². The number of nitro groups is 1. The molecular formula is C41H56IN5O8Si+2. The Labute approximate surface area is 344 Å². The van der Waals surface area contributed by atoms with Gasteiger partial charge in [0, 0.05) is 24.5 Å². The van der Waals surface area contributed by atoms with Crippen LogP contribution in [0.1, 0.15) is 40.2 Å². The number of fused-ring (bicyclic) bond motifs is 4. The third-order valence-electron chi connectivity index (χ3n) is 13.2. The second kappa shape index (κ2) is 17.1. The minimum atomic E-state index is -2.00. The van der Waals surface area contributed by atoms with Crippen LogP contribution in [0.2, 0.25) is 18.1 Å². The van der Waals surface area contributed by atoms with Crippen molar-refractivity contribution in [3.63, 3.8) is 0 Å². The molecule has 7 rings (SSSR count). The first-order valence-electron chi connectivity index (χ1n) is 20.0. The number of hydrogen-bond acceptors (Lipinski definition) is 8. The van der Waals surface area contributed by atoms with Crippen molar-refractivity contribution < 1.29 is 42.2 Å². The van der Waals surface area contributed by atoms with E-state index in [0.29, 0.717) is 12.1 Å². The van der Waals surface area contributed by atoms with E-state index in [0.717, 1.165) is 88.7 Å². The molecule has 2 N–H and O–H groups in total. The predicted molar refractivity (Wildman–Crippen MR) is 223 cm³/mol. The summed E-state index contributed by atoms with van der Waals surface area (Å²) in [4.78, 5) is 51.6. The lowest BCUT2D eigenvalue weighted by atomic mass is 9.77. The maximum absolute atomic E-state index is 13.9. The van der Waals surface area contributed by atoms with Crippen LogP contribution in [0, 0.1) is 25.5 Å². The number of esters is 1. The smallest absolute Gasteiger partial charge is 0.360 e. The number of benzene rings is 2. The predicted octanol–water partition coefficient (Wildman–Crippen LogP) is 5.57.